The van der Waals surface area contributed by atoms with Gasteiger partial charge < -0.3 is 15.3 Å². The molecule has 27 heavy (non-hydrogen) atoms. The predicted molar refractivity (Wildman–Crippen MR) is 110 cm³/mol. The second-order valence-electron chi connectivity index (χ2n) is 6.94. The van der Waals surface area contributed by atoms with Crippen LogP contribution in [-0.4, -0.2) is 57.9 Å². The van der Waals surface area contributed by atoms with E-state index < -0.39 is 12.0 Å². The van der Waals surface area contributed by atoms with E-state index in [2.05, 4.69) is 30.6 Å². The van der Waals surface area contributed by atoms with Crippen molar-refractivity contribution in [1.29, 1.82) is 0 Å². The number of hydrogen-bond acceptors (Lipinski definition) is 5. The number of amides is 2. The highest BCUT2D eigenvalue weighted by Crippen LogP contribution is 2.22. The first-order valence-corrected chi connectivity index (χ1v) is 10.2. The van der Waals surface area contributed by atoms with Gasteiger partial charge >= 0.3 is 5.97 Å². The summed E-state index contributed by atoms with van der Waals surface area (Å²) in [5.41, 5.74) is 1.04. The van der Waals surface area contributed by atoms with Crippen LogP contribution in [0, 0.1) is 11.8 Å². The van der Waals surface area contributed by atoms with Gasteiger partial charge in [0.25, 0.3) is 0 Å². The second kappa shape index (κ2) is 10.0. The number of aliphatic carboxylic acids is 1. The summed E-state index contributed by atoms with van der Waals surface area (Å²) in [6.07, 6.45) is 0.765. The van der Waals surface area contributed by atoms with Gasteiger partial charge in [-0.25, -0.2) is 4.79 Å². The lowest BCUT2D eigenvalue weighted by molar-refractivity contribution is -0.149. The first-order valence-electron chi connectivity index (χ1n) is 8.96. The summed E-state index contributed by atoms with van der Waals surface area (Å²) in [7, 11) is 0. The molecule has 1 aliphatic heterocycles. The minimum absolute atomic E-state index is 0.167. The summed E-state index contributed by atoms with van der Waals surface area (Å²) in [6, 6.07) is 8.37. The van der Waals surface area contributed by atoms with E-state index in [0.29, 0.717) is 17.9 Å². The van der Waals surface area contributed by atoms with Crippen molar-refractivity contribution in [3.63, 3.8) is 0 Å². The van der Waals surface area contributed by atoms with Crippen LogP contribution in [0.5, 0.6) is 0 Å². The molecule has 2 rings (SSSR count). The number of carboxylic acid groups (broad SMARTS) is 1. The molecule has 1 aromatic rings. The zero-order valence-electron chi connectivity index (χ0n) is 15.2. The maximum Gasteiger partial charge on any atom is 0.326 e. The number of nitrogens with one attached hydrogen (secondary N) is 1. The Morgan fingerprint density at radius 1 is 1.22 bits per heavy atom. The molecule has 0 radical (unpaired) electrons. The van der Waals surface area contributed by atoms with Crippen molar-refractivity contribution in [3.05, 3.63) is 35.9 Å². The van der Waals surface area contributed by atoms with Crippen LogP contribution in [0.1, 0.15) is 18.9 Å². The molecular formula is C19H26N2O4S2. The van der Waals surface area contributed by atoms with Crippen LogP contribution in [-0.2, 0) is 20.8 Å². The number of carboxylic acids is 1. The van der Waals surface area contributed by atoms with Crippen LogP contribution in [0.2, 0.25) is 0 Å². The monoisotopic (exact) mass is 410 g/mol. The van der Waals surface area contributed by atoms with Gasteiger partial charge in [-0.3, -0.25) is 9.59 Å². The topological polar surface area (TPSA) is 86.7 Å². The second-order valence-corrected chi connectivity index (χ2v) is 7.67. The van der Waals surface area contributed by atoms with Gasteiger partial charge in [0.15, 0.2) is 0 Å². The molecule has 1 aliphatic rings. The van der Waals surface area contributed by atoms with Gasteiger partial charge in [0, 0.05) is 36.4 Å². The van der Waals surface area contributed by atoms with Crippen LogP contribution >= 0.6 is 25.3 Å². The molecule has 1 heterocycles. The molecule has 0 spiro atoms. The van der Waals surface area contributed by atoms with Gasteiger partial charge in [-0.2, -0.15) is 25.3 Å². The molecule has 2 unspecified atom stereocenters. The highest BCUT2D eigenvalue weighted by molar-refractivity contribution is 7.80. The van der Waals surface area contributed by atoms with Crippen molar-refractivity contribution in [3.8, 4) is 0 Å². The van der Waals surface area contributed by atoms with E-state index in [1.807, 2.05) is 30.3 Å². The fraction of sp³-hybridized carbons (Fsp3) is 0.526. The summed E-state index contributed by atoms with van der Waals surface area (Å²) in [6.45, 7) is 1.92. The van der Waals surface area contributed by atoms with Crippen molar-refractivity contribution >= 4 is 43.0 Å². The van der Waals surface area contributed by atoms with Gasteiger partial charge in [0.1, 0.15) is 6.04 Å². The van der Waals surface area contributed by atoms with E-state index in [9.17, 15) is 19.5 Å². The van der Waals surface area contributed by atoms with E-state index in [1.54, 1.807) is 6.92 Å². The fourth-order valence-electron chi connectivity index (χ4n) is 3.24. The molecule has 4 atom stereocenters. The smallest absolute Gasteiger partial charge is 0.326 e. The largest absolute Gasteiger partial charge is 0.480 e. The molecule has 8 heteroatoms. The maximum atomic E-state index is 12.7. The van der Waals surface area contributed by atoms with E-state index >= 15 is 0 Å². The van der Waals surface area contributed by atoms with Crippen LogP contribution < -0.4 is 5.32 Å². The van der Waals surface area contributed by atoms with Gasteiger partial charge in [-0.1, -0.05) is 37.3 Å². The Bertz CT molecular complexity index is 671. The van der Waals surface area contributed by atoms with E-state index in [-0.39, 0.29) is 42.7 Å². The Morgan fingerprint density at radius 3 is 2.44 bits per heavy atom. The number of carbonyl (C=O) groups is 3. The third kappa shape index (κ3) is 5.65. The predicted octanol–water partition coefficient (Wildman–Crippen LogP) is 1.51. The number of hydrogen-bond donors (Lipinski definition) is 4. The molecule has 0 aromatic heterocycles. The quantitative estimate of drug-likeness (QED) is 0.490. The lowest BCUT2D eigenvalue weighted by Crippen LogP contribution is -2.45. The van der Waals surface area contributed by atoms with Gasteiger partial charge in [-0.15, -0.1) is 0 Å². The fourth-order valence-corrected chi connectivity index (χ4v) is 3.69. The van der Waals surface area contributed by atoms with Crippen LogP contribution in [0.15, 0.2) is 30.3 Å². The molecule has 2 N–H and O–H groups in total. The Labute approximate surface area is 170 Å². The standard InChI is InChI=1S/C19H26N2O4S2/c1-12(10-26)18(23)21-9-15(8-16(21)19(24)25)20-17(22)14(11-27)7-13-5-3-2-4-6-13/h2-6,12,14-16,26-27H,7-11H2,1H3,(H,20,22)(H,24,25)/t12-,14?,15+,16?/m1/s1. The van der Waals surface area contributed by atoms with Crippen molar-refractivity contribution in [2.24, 2.45) is 11.8 Å². The molecule has 1 aromatic carbocycles. The molecule has 0 saturated carbocycles. The third-order valence-electron chi connectivity index (χ3n) is 4.83. The van der Waals surface area contributed by atoms with Crippen LogP contribution in [0.25, 0.3) is 0 Å². The van der Waals surface area contributed by atoms with E-state index in [4.69, 9.17) is 0 Å². The normalized spacial score (nSPS) is 21.5. The summed E-state index contributed by atoms with van der Waals surface area (Å²) in [5.74, 6) is -1.43. The lowest BCUT2D eigenvalue weighted by Gasteiger charge is -2.24. The van der Waals surface area contributed by atoms with Crippen molar-refractivity contribution < 1.29 is 19.5 Å². The average Bonchev–Trinajstić information content (AvgIpc) is 3.09. The maximum absolute atomic E-state index is 12.7. The molecule has 148 valence electrons. The molecule has 0 bridgehead atoms. The first-order chi connectivity index (χ1) is 12.9. The zero-order valence-corrected chi connectivity index (χ0v) is 17.0. The van der Waals surface area contributed by atoms with Crippen molar-refractivity contribution in [1.82, 2.24) is 10.2 Å². The minimum Gasteiger partial charge on any atom is -0.480 e. The number of rotatable bonds is 8. The molecular weight excluding hydrogens is 384 g/mol. The first kappa shape index (κ1) is 21.6. The Balaban J connectivity index is 2.02. The summed E-state index contributed by atoms with van der Waals surface area (Å²) >= 11 is 8.41. The molecule has 2 amide bonds. The molecule has 0 aliphatic carbocycles. The number of carbonyl (C=O) groups excluding carboxylic acids is 2. The molecule has 1 fully saturated rings. The number of nitrogens with zero attached hydrogens (tertiary/aromatic N) is 1. The van der Waals surface area contributed by atoms with Crippen LogP contribution in [0.3, 0.4) is 0 Å². The van der Waals surface area contributed by atoms with Gasteiger partial charge in [0.05, 0.1) is 5.92 Å². The summed E-state index contributed by atoms with van der Waals surface area (Å²) < 4.78 is 0. The lowest BCUT2D eigenvalue weighted by atomic mass is 9.99. The highest BCUT2D eigenvalue weighted by atomic mass is 32.1. The van der Waals surface area contributed by atoms with Gasteiger partial charge in [-0.05, 0) is 12.0 Å². The van der Waals surface area contributed by atoms with Crippen molar-refractivity contribution in [2.45, 2.75) is 31.8 Å². The molecule has 1 saturated heterocycles. The summed E-state index contributed by atoms with van der Waals surface area (Å²) in [4.78, 5) is 38.0. The summed E-state index contributed by atoms with van der Waals surface area (Å²) in [5, 5.41) is 12.4. The number of benzene rings is 1. The SMILES string of the molecule is C[C@H](CS)C(=O)N1C[C@@H](NC(=O)C(CS)Cc2ccccc2)CC1C(=O)O. The minimum atomic E-state index is -1.05. The van der Waals surface area contributed by atoms with E-state index in [1.165, 1.54) is 4.90 Å². The van der Waals surface area contributed by atoms with Crippen molar-refractivity contribution in [2.75, 3.05) is 18.1 Å². The Morgan fingerprint density at radius 2 is 1.89 bits per heavy atom. The third-order valence-corrected chi connectivity index (χ3v) is 5.82. The highest BCUT2D eigenvalue weighted by Gasteiger charge is 2.41. The van der Waals surface area contributed by atoms with Gasteiger partial charge in [0.2, 0.25) is 11.8 Å². The number of likely N-dealkylation sites (tertiary alicyclic amines) is 1. The zero-order chi connectivity index (χ0) is 20.0. The molecule has 6 nitrogen and oxygen atoms in total. The number of thiol groups is 2. The Kier molecular flexibility index (Phi) is 8.04. The van der Waals surface area contributed by atoms with E-state index in [0.717, 1.165) is 5.56 Å². The average molecular weight is 411 g/mol. The van der Waals surface area contributed by atoms with Crippen LogP contribution in [0.4, 0.5) is 0 Å². The Hall–Kier alpha value is -1.67.